The second-order valence-corrected chi connectivity index (χ2v) is 10.4. The van der Waals surface area contributed by atoms with Gasteiger partial charge in [0, 0.05) is 14.2 Å². The van der Waals surface area contributed by atoms with Crippen molar-refractivity contribution in [2.24, 2.45) is 9.98 Å². The minimum Gasteiger partial charge on any atom is -0.493 e. The number of aromatic hydroxyl groups is 1. The van der Waals surface area contributed by atoms with E-state index in [1.165, 1.54) is 11.3 Å². The average molecular weight is 583 g/mol. The van der Waals surface area contributed by atoms with Crippen molar-refractivity contribution >= 4 is 60.4 Å². The second kappa shape index (κ2) is 8.52. The third-order valence-electron chi connectivity index (χ3n) is 5.44. The molecule has 5 rings (SSSR count). The van der Waals surface area contributed by atoms with Crippen molar-refractivity contribution in [1.29, 1.82) is 0 Å². The average Bonchev–Trinajstić information content (AvgIpc) is 3.26. The maximum Gasteiger partial charge on any atom is 0.279 e. The topological polar surface area (TPSA) is 66.9 Å². The summed E-state index contributed by atoms with van der Waals surface area (Å²) in [7, 11) is 0. The Labute approximate surface area is 210 Å². The molecule has 4 aromatic rings. The number of nitrogens with zero attached hydrogens (tertiary/aromatic N) is 3. The summed E-state index contributed by atoms with van der Waals surface area (Å²) in [5.41, 5.74) is 3.94. The monoisotopic (exact) mass is 581 g/mol. The molecule has 1 N–H and O–H groups in total. The van der Waals surface area contributed by atoms with Crippen LogP contribution in [0.3, 0.4) is 0 Å². The molecule has 33 heavy (non-hydrogen) atoms. The highest BCUT2D eigenvalue weighted by atomic mass is 79.9. The zero-order valence-corrected chi connectivity index (χ0v) is 21.6. The normalized spacial score (nSPS) is 13.4. The first-order chi connectivity index (χ1) is 15.8. The lowest BCUT2D eigenvalue weighted by molar-refractivity contribution is -0.112. The molecule has 1 aromatic heterocycles. The van der Waals surface area contributed by atoms with Crippen LogP contribution in [0.25, 0.3) is 11.3 Å². The van der Waals surface area contributed by atoms with E-state index in [1.54, 1.807) is 4.57 Å². The number of aromatic nitrogens is 1. The Balaban J connectivity index is 1.89. The maximum atomic E-state index is 13.0. The van der Waals surface area contributed by atoms with Gasteiger partial charge in [0.05, 0.1) is 22.3 Å². The van der Waals surface area contributed by atoms with E-state index >= 15 is 0 Å². The fraction of sp³-hybridized carbons (Fsp3) is 0.0800. The van der Waals surface area contributed by atoms with E-state index in [1.807, 2.05) is 74.5 Å². The maximum absolute atomic E-state index is 13.0. The van der Waals surface area contributed by atoms with Gasteiger partial charge in [-0.05, 0) is 65.2 Å². The molecular formula is C25H17Br2N3O2S. The number of benzene rings is 3. The Bertz CT molecular complexity index is 1650. The number of para-hydroxylation sites is 2. The number of carbonyl (C=O) groups is 1. The van der Waals surface area contributed by atoms with Gasteiger partial charge in [-0.2, -0.15) is 0 Å². The van der Waals surface area contributed by atoms with Gasteiger partial charge in [0.15, 0.2) is 4.80 Å². The van der Waals surface area contributed by atoms with Crippen molar-refractivity contribution in [3.05, 3.63) is 101 Å². The van der Waals surface area contributed by atoms with Gasteiger partial charge in [-0.1, -0.05) is 63.7 Å². The number of amides is 1. The molecule has 2 heterocycles. The molecule has 0 radical (unpaired) electrons. The molecule has 0 unspecified atom stereocenters. The third-order valence-corrected chi connectivity index (χ3v) is 7.55. The molecule has 0 spiro atoms. The Morgan fingerprint density at radius 2 is 1.70 bits per heavy atom. The van der Waals surface area contributed by atoms with E-state index < -0.39 is 0 Å². The molecular weight excluding hydrogens is 566 g/mol. The van der Waals surface area contributed by atoms with E-state index in [0.29, 0.717) is 30.3 Å². The van der Waals surface area contributed by atoms with E-state index in [2.05, 4.69) is 36.9 Å². The van der Waals surface area contributed by atoms with Crippen LogP contribution in [0.1, 0.15) is 16.0 Å². The Hall–Kier alpha value is -2.81. The molecule has 0 aliphatic carbocycles. The predicted octanol–water partition coefficient (Wildman–Crippen LogP) is 4.98. The summed E-state index contributed by atoms with van der Waals surface area (Å²) < 4.78 is 3.22. The van der Waals surface area contributed by atoms with Crippen LogP contribution in [0.5, 0.6) is 5.88 Å². The van der Waals surface area contributed by atoms with Crippen LogP contribution in [0.15, 0.2) is 79.6 Å². The molecule has 8 heteroatoms. The van der Waals surface area contributed by atoms with Gasteiger partial charge in [-0.15, -0.1) is 0 Å². The summed E-state index contributed by atoms with van der Waals surface area (Å²) in [6, 6.07) is 19.3. The van der Waals surface area contributed by atoms with Crippen LogP contribution in [-0.2, 0) is 4.79 Å². The van der Waals surface area contributed by atoms with Gasteiger partial charge < -0.3 is 5.11 Å². The Kier molecular flexibility index (Phi) is 5.68. The van der Waals surface area contributed by atoms with E-state index in [9.17, 15) is 9.90 Å². The van der Waals surface area contributed by atoms with Gasteiger partial charge >= 0.3 is 0 Å². The lowest BCUT2D eigenvalue weighted by Crippen LogP contribution is -2.24. The second-order valence-electron chi connectivity index (χ2n) is 7.63. The third kappa shape index (κ3) is 3.82. The number of thiazole rings is 1. The number of fused-ring (bicyclic) bond motifs is 1. The summed E-state index contributed by atoms with van der Waals surface area (Å²) in [4.78, 5) is 23.1. The standard InChI is InChI=1S/C25H17Br2N3O2S/c1-13-7-3-5-9-18(13)28-25-30(19-10-6-4-8-14(19)2)24(32)22(33-25)20-16-11-15(26)12-17(27)21(16)29-23(20)31/h3-12,32H,1-2H3. The summed E-state index contributed by atoms with van der Waals surface area (Å²) in [6.45, 7) is 3.97. The Morgan fingerprint density at radius 3 is 2.42 bits per heavy atom. The number of carbonyl (C=O) groups excluding carboxylic acids is 1. The zero-order chi connectivity index (χ0) is 23.3. The van der Waals surface area contributed by atoms with Crippen LogP contribution in [-0.4, -0.2) is 15.6 Å². The molecule has 164 valence electrons. The highest BCUT2D eigenvalue weighted by Crippen LogP contribution is 2.32. The number of aryl methyl sites for hydroxylation is 2. The van der Waals surface area contributed by atoms with Crippen molar-refractivity contribution < 1.29 is 9.90 Å². The van der Waals surface area contributed by atoms with Gasteiger partial charge in [0.1, 0.15) is 4.88 Å². The van der Waals surface area contributed by atoms with Crippen molar-refractivity contribution in [3.8, 4) is 11.6 Å². The highest BCUT2D eigenvalue weighted by Gasteiger charge is 2.27. The van der Waals surface area contributed by atoms with Crippen molar-refractivity contribution in [3.63, 3.8) is 0 Å². The first kappa shape index (κ1) is 22.0. The number of halogens is 2. The highest BCUT2D eigenvalue weighted by molar-refractivity contribution is 9.11. The molecule has 1 aliphatic heterocycles. The summed E-state index contributed by atoms with van der Waals surface area (Å²) in [6.07, 6.45) is 0. The molecule has 1 aliphatic rings. The SMILES string of the molecule is Cc1ccccc1N=c1sc(C2=c3cc(Br)cc(Br)c3=NC2=O)c(O)n1-c1ccccc1C. The molecule has 3 aromatic carbocycles. The molecule has 0 saturated heterocycles. The van der Waals surface area contributed by atoms with Crippen LogP contribution < -0.4 is 15.4 Å². The van der Waals surface area contributed by atoms with Crippen LogP contribution in [0, 0.1) is 13.8 Å². The molecule has 5 nitrogen and oxygen atoms in total. The predicted molar refractivity (Wildman–Crippen MR) is 137 cm³/mol. The molecule has 0 fully saturated rings. The molecule has 0 bridgehead atoms. The van der Waals surface area contributed by atoms with Crippen molar-refractivity contribution in [2.45, 2.75) is 13.8 Å². The zero-order valence-electron chi connectivity index (χ0n) is 17.6. The van der Waals surface area contributed by atoms with Gasteiger partial charge in [0.25, 0.3) is 5.91 Å². The van der Waals surface area contributed by atoms with Gasteiger partial charge in [-0.3, -0.25) is 9.36 Å². The summed E-state index contributed by atoms with van der Waals surface area (Å²) in [5.74, 6) is -0.427. The number of hydrogen-bond acceptors (Lipinski definition) is 4. The first-order valence-corrected chi connectivity index (χ1v) is 12.5. The fourth-order valence-electron chi connectivity index (χ4n) is 3.80. The first-order valence-electron chi connectivity index (χ1n) is 10.1. The summed E-state index contributed by atoms with van der Waals surface area (Å²) >= 11 is 8.25. The lowest BCUT2D eigenvalue weighted by Gasteiger charge is -2.09. The lowest BCUT2D eigenvalue weighted by atomic mass is 10.1. The number of rotatable bonds is 3. The summed E-state index contributed by atoms with van der Waals surface area (Å²) in [5, 5.41) is 12.7. The Morgan fingerprint density at radius 1 is 1.00 bits per heavy atom. The molecule has 0 atom stereocenters. The van der Waals surface area contributed by atoms with Crippen LogP contribution in [0.2, 0.25) is 0 Å². The van der Waals surface area contributed by atoms with Crippen molar-refractivity contribution in [2.75, 3.05) is 0 Å². The van der Waals surface area contributed by atoms with Gasteiger partial charge in [0.2, 0.25) is 5.88 Å². The smallest absolute Gasteiger partial charge is 0.279 e. The van der Waals surface area contributed by atoms with E-state index in [-0.39, 0.29) is 11.8 Å². The number of hydrogen-bond donors (Lipinski definition) is 1. The van der Waals surface area contributed by atoms with E-state index in [0.717, 1.165) is 27.0 Å². The van der Waals surface area contributed by atoms with Crippen LogP contribution in [0.4, 0.5) is 5.69 Å². The fourth-order valence-corrected chi connectivity index (χ4v) is 6.19. The molecule has 1 amide bonds. The van der Waals surface area contributed by atoms with Gasteiger partial charge in [-0.25, -0.2) is 9.98 Å². The quantitative estimate of drug-likeness (QED) is 0.370. The largest absolute Gasteiger partial charge is 0.493 e. The minimum atomic E-state index is -0.389. The van der Waals surface area contributed by atoms with Crippen molar-refractivity contribution in [1.82, 2.24) is 4.57 Å². The minimum absolute atomic E-state index is 0.0378. The van der Waals surface area contributed by atoms with Crippen LogP contribution >= 0.6 is 43.2 Å². The van der Waals surface area contributed by atoms with E-state index in [4.69, 9.17) is 4.99 Å². The molecule has 0 saturated carbocycles.